The molecule has 1 aromatic carbocycles. The molecule has 0 bridgehead atoms. The first-order chi connectivity index (χ1) is 9.47. The predicted molar refractivity (Wildman–Crippen MR) is 79.8 cm³/mol. The average molecular weight is 341 g/mol. The van der Waals surface area contributed by atoms with Gasteiger partial charge in [0.15, 0.2) is 0 Å². The van der Waals surface area contributed by atoms with Crippen LogP contribution in [-0.2, 0) is 4.79 Å². The molecule has 2 rings (SSSR count). The zero-order chi connectivity index (χ0) is 14.7. The molecule has 5 nitrogen and oxygen atoms in total. The molecule has 0 spiro atoms. The molecule has 1 heterocycles. The Bertz CT molecular complexity index is 525. The molecular formula is C14H17BrN2O3. The summed E-state index contributed by atoms with van der Waals surface area (Å²) in [7, 11) is 0. The van der Waals surface area contributed by atoms with Gasteiger partial charge in [0.25, 0.3) is 0 Å². The Labute approximate surface area is 125 Å². The Morgan fingerprint density at radius 2 is 2.00 bits per heavy atom. The Hall–Kier alpha value is -1.56. The number of halogens is 1. The number of carbonyl (C=O) groups excluding carboxylic acids is 1. The molecule has 1 fully saturated rings. The van der Waals surface area contributed by atoms with Gasteiger partial charge in [-0.2, -0.15) is 0 Å². The monoisotopic (exact) mass is 340 g/mol. The normalized spacial score (nSPS) is 16.1. The molecular weight excluding hydrogens is 324 g/mol. The minimum atomic E-state index is -0.941. The fourth-order valence-electron chi connectivity index (χ4n) is 2.55. The second-order valence-corrected chi connectivity index (χ2v) is 5.92. The summed E-state index contributed by atoms with van der Waals surface area (Å²) in [5, 5.41) is 9.00. The molecule has 1 aliphatic rings. The van der Waals surface area contributed by atoms with Gasteiger partial charge in [0.1, 0.15) is 0 Å². The van der Waals surface area contributed by atoms with E-state index < -0.39 is 5.97 Å². The Kier molecular flexibility index (Phi) is 4.65. The molecule has 0 unspecified atom stereocenters. The van der Waals surface area contributed by atoms with Gasteiger partial charge in [0, 0.05) is 29.7 Å². The number of rotatable bonds is 4. The van der Waals surface area contributed by atoms with E-state index in [4.69, 9.17) is 10.8 Å². The second-order valence-electron chi connectivity index (χ2n) is 5.07. The Morgan fingerprint density at radius 1 is 1.35 bits per heavy atom. The van der Waals surface area contributed by atoms with Crippen LogP contribution in [0.25, 0.3) is 0 Å². The molecule has 1 aliphatic heterocycles. The standard InChI is InChI=1S/C14H17BrN2O3/c15-12-8-10(1-2-11(12)14(19)20)17-5-3-9(4-6-17)7-13(16)18/h1-2,8-9H,3-7H2,(H2,16,18)(H,19,20). The number of carboxylic acid groups (broad SMARTS) is 1. The van der Waals surface area contributed by atoms with Crippen molar-refractivity contribution >= 4 is 33.5 Å². The van der Waals surface area contributed by atoms with Crippen LogP contribution in [0.5, 0.6) is 0 Å². The maximum Gasteiger partial charge on any atom is 0.336 e. The fourth-order valence-corrected chi connectivity index (χ4v) is 3.09. The van der Waals surface area contributed by atoms with Crippen molar-refractivity contribution in [1.29, 1.82) is 0 Å². The number of carbonyl (C=O) groups is 2. The summed E-state index contributed by atoms with van der Waals surface area (Å²) >= 11 is 3.29. The smallest absolute Gasteiger partial charge is 0.336 e. The highest BCUT2D eigenvalue weighted by atomic mass is 79.9. The predicted octanol–water partition coefficient (Wildman–Crippen LogP) is 2.24. The van der Waals surface area contributed by atoms with Crippen LogP contribution in [0.2, 0.25) is 0 Å². The van der Waals surface area contributed by atoms with E-state index in [1.807, 2.05) is 12.1 Å². The number of benzene rings is 1. The number of nitrogens with two attached hydrogens (primary N) is 1. The number of nitrogens with zero attached hydrogens (tertiary/aromatic N) is 1. The zero-order valence-electron chi connectivity index (χ0n) is 11.0. The molecule has 6 heteroatoms. The van der Waals surface area contributed by atoms with E-state index in [0.29, 0.717) is 16.8 Å². The van der Waals surface area contributed by atoms with E-state index in [1.165, 1.54) is 0 Å². The van der Waals surface area contributed by atoms with Crippen LogP contribution >= 0.6 is 15.9 Å². The molecule has 0 atom stereocenters. The van der Waals surface area contributed by atoms with Crippen LogP contribution < -0.4 is 10.6 Å². The fraction of sp³-hybridized carbons (Fsp3) is 0.429. The van der Waals surface area contributed by atoms with E-state index >= 15 is 0 Å². The zero-order valence-corrected chi connectivity index (χ0v) is 12.6. The Balaban J connectivity index is 2.02. The number of hydrogen-bond donors (Lipinski definition) is 2. The van der Waals surface area contributed by atoms with Gasteiger partial charge in [-0.1, -0.05) is 0 Å². The van der Waals surface area contributed by atoms with E-state index in [9.17, 15) is 9.59 Å². The van der Waals surface area contributed by atoms with Crippen LogP contribution in [0.15, 0.2) is 22.7 Å². The van der Waals surface area contributed by atoms with Crippen molar-refractivity contribution in [3.63, 3.8) is 0 Å². The molecule has 3 N–H and O–H groups in total. The van der Waals surface area contributed by atoms with Crippen LogP contribution in [0.4, 0.5) is 5.69 Å². The van der Waals surface area contributed by atoms with Crippen LogP contribution in [-0.4, -0.2) is 30.1 Å². The van der Waals surface area contributed by atoms with Crippen molar-refractivity contribution in [2.75, 3.05) is 18.0 Å². The van der Waals surface area contributed by atoms with Crippen LogP contribution in [0.1, 0.15) is 29.6 Å². The summed E-state index contributed by atoms with van der Waals surface area (Å²) in [5.41, 5.74) is 6.48. The van der Waals surface area contributed by atoms with E-state index in [2.05, 4.69) is 20.8 Å². The van der Waals surface area contributed by atoms with Crippen LogP contribution in [0, 0.1) is 5.92 Å². The number of piperidine rings is 1. The van der Waals surface area contributed by atoms with Crippen molar-refractivity contribution < 1.29 is 14.7 Å². The lowest BCUT2D eigenvalue weighted by atomic mass is 9.93. The third-order valence-electron chi connectivity index (χ3n) is 3.65. The molecule has 0 aromatic heterocycles. The molecule has 0 radical (unpaired) electrons. The summed E-state index contributed by atoms with van der Waals surface area (Å²) in [6.07, 6.45) is 2.32. The number of amides is 1. The third-order valence-corrected chi connectivity index (χ3v) is 4.31. The SMILES string of the molecule is NC(=O)CC1CCN(c2ccc(C(=O)O)c(Br)c2)CC1. The van der Waals surface area contributed by atoms with Gasteiger partial charge in [-0.15, -0.1) is 0 Å². The summed E-state index contributed by atoms with van der Waals surface area (Å²) in [4.78, 5) is 24.1. The minimum absolute atomic E-state index is 0.239. The summed E-state index contributed by atoms with van der Waals surface area (Å²) in [5.74, 6) is -0.814. The highest BCUT2D eigenvalue weighted by Crippen LogP contribution is 2.28. The highest BCUT2D eigenvalue weighted by molar-refractivity contribution is 9.10. The van der Waals surface area contributed by atoms with E-state index in [0.717, 1.165) is 31.6 Å². The van der Waals surface area contributed by atoms with E-state index in [1.54, 1.807) is 6.07 Å². The largest absolute Gasteiger partial charge is 0.478 e. The van der Waals surface area contributed by atoms with Gasteiger partial charge in [-0.05, 0) is 52.9 Å². The number of hydrogen-bond acceptors (Lipinski definition) is 3. The number of anilines is 1. The van der Waals surface area contributed by atoms with Gasteiger partial charge >= 0.3 is 5.97 Å². The second kappa shape index (κ2) is 6.26. The lowest BCUT2D eigenvalue weighted by Gasteiger charge is -2.33. The quantitative estimate of drug-likeness (QED) is 0.880. The van der Waals surface area contributed by atoms with Crippen molar-refractivity contribution in [3.8, 4) is 0 Å². The topological polar surface area (TPSA) is 83.6 Å². The van der Waals surface area contributed by atoms with Gasteiger partial charge in [-0.3, -0.25) is 4.79 Å². The molecule has 0 saturated carbocycles. The minimum Gasteiger partial charge on any atom is -0.478 e. The molecule has 108 valence electrons. The van der Waals surface area contributed by atoms with Crippen LogP contribution in [0.3, 0.4) is 0 Å². The number of carboxylic acids is 1. The van der Waals surface area contributed by atoms with Gasteiger partial charge in [0.2, 0.25) is 5.91 Å². The first-order valence-corrected chi connectivity index (χ1v) is 7.32. The molecule has 1 saturated heterocycles. The van der Waals surface area contributed by atoms with Crippen molar-refractivity contribution in [1.82, 2.24) is 0 Å². The maximum atomic E-state index is 11.0. The molecule has 1 amide bonds. The molecule has 1 aromatic rings. The van der Waals surface area contributed by atoms with Crippen molar-refractivity contribution in [2.45, 2.75) is 19.3 Å². The number of primary amides is 1. The maximum absolute atomic E-state index is 11.0. The first kappa shape index (κ1) is 14.8. The Morgan fingerprint density at radius 3 is 2.50 bits per heavy atom. The highest BCUT2D eigenvalue weighted by Gasteiger charge is 2.21. The number of aromatic carboxylic acids is 1. The van der Waals surface area contributed by atoms with Gasteiger partial charge in [-0.25, -0.2) is 4.79 Å². The summed E-state index contributed by atoms with van der Waals surface area (Å²) in [6, 6.07) is 5.26. The molecule has 20 heavy (non-hydrogen) atoms. The van der Waals surface area contributed by atoms with Gasteiger partial charge < -0.3 is 15.7 Å². The van der Waals surface area contributed by atoms with Crippen molar-refractivity contribution in [2.24, 2.45) is 11.7 Å². The molecule has 0 aliphatic carbocycles. The average Bonchev–Trinajstić information content (AvgIpc) is 2.38. The lowest BCUT2D eigenvalue weighted by molar-refractivity contribution is -0.119. The third kappa shape index (κ3) is 3.50. The van der Waals surface area contributed by atoms with E-state index in [-0.39, 0.29) is 11.5 Å². The first-order valence-electron chi connectivity index (χ1n) is 6.53. The summed E-state index contributed by atoms with van der Waals surface area (Å²) in [6.45, 7) is 1.72. The lowest BCUT2D eigenvalue weighted by Crippen LogP contribution is -2.35. The van der Waals surface area contributed by atoms with Crippen molar-refractivity contribution in [3.05, 3.63) is 28.2 Å². The van der Waals surface area contributed by atoms with Gasteiger partial charge in [0.05, 0.1) is 5.56 Å². The summed E-state index contributed by atoms with van der Waals surface area (Å²) < 4.78 is 0.585.